The van der Waals surface area contributed by atoms with E-state index in [0.717, 1.165) is 26.0 Å². The topological polar surface area (TPSA) is 59.6 Å². The quantitative estimate of drug-likeness (QED) is 0.771. The molecule has 0 spiro atoms. The number of rotatable bonds is 8. The zero-order valence-corrected chi connectivity index (χ0v) is 13.1. The van der Waals surface area contributed by atoms with Crippen molar-refractivity contribution in [1.29, 1.82) is 0 Å². The van der Waals surface area contributed by atoms with Crippen molar-refractivity contribution in [3.8, 4) is 5.75 Å². The summed E-state index contributed by atoms with van der Waals surface area (Å²) in [4.78, 5) is 12.0. The lowest BCUT2D eigenvalue weighted by Crippen LogP contribution is -2.29. The van der Waals surface area contributed by atoms with E-state index in [4.69, 9.17) is 9.47 Å². The van der Waals surface area contributed by atoms with E-state index in [1.54, 1.807) is 0 Å². The van der Waals surface area contributed by atoms with Crippen LogP contribution in [0.15, 0.2) is 18.2 Å². The van der Waals surface area contributed by atoms with Gasteiger partial charge in [-0.25, -0.2) is 4.39 Å². The number of halogens is 1. The predicted molar refractivity (Wildman–Crippen MR) is 85.1 cm³/mol. The van der Waals surface area contributed by atoms with Gasteiger partial charge in [0.1, 0.15) is 18.2 Å². The molecule has 23 heavy (non-hydrogen) atoms. The molecule has 1 aliphatic heterocycles. The van der Waals surface area contributed by atoms with Crippen LogP contribution in [0.4, 0.5) is 10.1 Å². The molecule has 0 aromatic heterocycles. The molecule has 0 bridgehead atoms. The monoisotopic (exact) mass is 322 g/mol. The van der Waals surface area contributed by atoms with Gasteiger partial charge >= 0.3 is 0 Å². The third-order valence-corrected chi connectivity index (χ3v) is 4.08. The smallest absolute Gasteiger partial charge is 0.238 e. The van der Waals surface area contributed by atoms with E-state index in [9.17, 15) is 9.18 Å². The molecule has 6 heteroatoms. The minimum Gasteiger partial charge on any atom is -0.489 e. The lowest BCUT2D eigenvalue weighted by atomic mass is 10.2. The Balaban J connectivity index is 1.52. The van der Waals surface area contributed by atoms with Gasteiger partial charge in [-0.05, 0) is 50.3 Å². The maximum atomic E-state index is 13.5. The third-order valence-electron chi connectivity index (χ3n) is 4.08. The predicted octanol–water partition coefficient (Wildman–Crippen LogP) is 2.32. The molecule has 0 radical (unpaired) electrons. The second-order valence-electron chi connectivity index (χ2n) is 6.21. The van der Waals surface area contributed by atoms with E-state index >= 15 is 0 Å². The second kappa shape index (κ2) is 7.75. The van der Waals surface area contributed by atoms with Crippen molar-refractivity contribution in [2.75, 3.05) is 31.6 Å². The molecule has 1 saturated carbocycles. The summed E-state index contributed by atoms with van der Waals surface area (Å²) >= 11 is 0. The number of carbonyl (C=O) groups excluding carboxylic acids is 1. The van der Waals surface area contributed by atoms with Gasteiger partial charge in [0, 0.05) is 12.7 Å². The minimum absolute atomic E-state index is 0.0730. The number of amides is 1. The fraction of sp³-hybridized carbons (Fsp3) is 0.588. The highest BCUT2D eigenvalue weighted by atomic mass is 19.1. The minimum atomic E-state index is -0.407. The molecule has 5 nitrogen and oxygen atoms in total. The standard InChI is InChI=1S/C17H23FN2O3/c18-13-5-6-16(23-11-14-2-1-7-22-14)15(8-13)20-17(21)10-19-9-12-3-4-12/h5-6,8,12,14,19H,1-4,7,9-11H2,(H,20,21). The van der Waals surface area contributed by atoms with Crippen LogP contribution in [-0.2, 0) is 9.53 Å². The highest BCUT2D eigenvalue weighted by Gasteiger charge is 2.21. The largest absolute Gasteiger partial charge is 0.489 e. The first-order chi connectivity index (χ1) is 11.2. The number of anilines is 1. The van der Waals surface area contributed by atoms with Gasteiger partial charge < -0.3 is 20.1 Å². The van der Waals surface area contributed by atoms with E-state index < -0.39 is 5.82 Å². The average molecular weight is 322 g/mol. The Morgan fingerprint density at radius 2 is 2.22 bits per heavy atom. The zero-order valence-electron chi connectivity index (χ0n) is 13.1. The van der Waals surface area contributed by atoms with Crippen LogP contribution in [0.5, 0.6) is 5.75 Å². The molecule has 2 N–H and O–H groups in total. The van der Waals surface area contributed by atoms with Gasteiger partial charge in [0.25, 0.3) is 0 Å². The van der Waals surface area contributed by atoms with E-state index in [1.165, 1.54) is 31.0 Å². The van der Waals surface area contributed by atoms with Crippen molar-refractivity contribution in [3.05, 3.63) is 24.0 Å². The molecule has 1 aromatic rings. The van der Waals surface area contributed by atoms with Crippen LogP contribution in [0.25, 0.3) is 0 Å². The molecule has 1 aliphatic carbocycles. The Morgan fingerprint density at radius 3 is 2.96 bits per heavy atom. The van der Waals surface area contributed by atoms with Gasteiger partial charge in [0.2, 0.25) is 5.91 Å². The van der Waals surface area contributed by atoms with Crippen LogP contribution in [0.1, 0.15) is 25.7 Å². The van der Waals surface area contributed by atoms with Crippen molar-refractivity contribution in [3.63, 3.8) is 0 Å². The number of hydrogen-bond donors (Lipinski definition) is 2. The molecule has 1 heterocycles. The van der Waals surface area contributed by atoms with E-state index in [1.807, 2.05) is 0 Å². The summed E-state index contributed by atoms with van der Waals surface area (Å²) in [6, 6.07) is 4.15. The normalized spacial score (nSPS) is 20.5. The van der Waals surface area contributed by atoms with Crippen LogP contribution >= 0.6 is 0 Å². The van der Waals surface area contributed by atoms with Crippen LogP contribution in [0.3, 0.4) is 0 Å². The molecule has 3 rings (SSSR count). The average Bonchev–Trinajstić information content (AvgIpc) is 3.20. The molecule has 1 atom stereocenters. The van der Waals surface area contributed by atoms with Crippen LogP contribution in [0, 0.1) is 11.7 Å². The van der Waals surface area contributed by atoms with Gasteiger partial charge in [-0.1, -0.05) is 0 Å². The zero-order chi connectivity index (χ0) is 16.1. The van der Waals surface area contributed by atoms with Gasteiger partial charge in [0.15, 0.2) is 0 Å². The first kappa shape index (κ1) is 16.2. The van der Waals surface area contributed by atoms with E-state index in [0.29, 0.717) is 24.0 Å². The highest BCUT2D eigenvalue weighted by molar-refractivity contribution is 5.93. The van der Waals surface area contributed by atoms with Crippen molar-refractivity contribution >= 4 is 11.6 Å². The Kier molecular flexibility index (Phi) is 5.46. The lowest BCUT2D eigenvalue weighted by molar-refractivity contribution is -0.115. The molecule has 1 aromatic carbocycles. The number of ether oxygens (including phenoxy) is 2. The highest BCUT2D eigenvalue weighted by Crippen LogP contribution is 2.28. The maximum Gasteiger partial charge on any atom is 0.238 e. The van der Waals surface area contributed by atoms with Crippen LogP contribution < -0.4 is 15.4 Å². The molecule has 2 aliphatic rings. The molecule has 2 fully saturated rings. The first-order valence-corrected chi connectivity index (χ1v) is 8.25. The molecule has 126 valence electrons. The van der Waals surface area contributed by atoms with Crippen LogP contribution in [0.2, 0.25) is 0 Å². The van der Waals surface area contributed by atoms with E-state index in [-0.39, 0.29) is 18.6 Å². The summed E-state index contributed by atoms with van der Waals surface area (Å²) in [7, 11) is 0. The fourth-order valence-corrected chi connectivity index (χ4v) is 2.59. The SMILES string of the molecule is O=C(CNCC1CC1)Nc1cc(F)ccc1OCC1CCCO1. The summed E-state index contributed by atoms with van der Waals surface area (Å²) in [5, 5.41) is 5.83. The summed E-state index contributed by atoms with van der Waals surface area (Å²) in [6.45, 7) is 2.25. The summed E-state index contributed by atoms with van der Waals surface area (Å²) < 4.78 is 24.7. The number of carbonyl (C=O) groups is 1. The summed E-state index contributed by atoms with van der Waals surface area (Å²) in [5.74, 6) is 0.577. The molecular formula is C17H23FN2O3. The first-order valence-electron chi connectivity index (χ1n) is 8.25. The summed E-state index contributed by atoms with van der Waals surface area (Å²) in [6.07, 6.45) is 4.55. The molecule has 1 saturated heterocycles. The maximum absolute atomic E-state index is 13.5. The Bertz CT molecular complexity index is 543. The van der Waals surface area contributed by atoms with Crippen molar-refractivity contribution in [2.24, 2.45) is 5.92 Å². The number of hydrogen-bond acceptors (Lipinski definition) is 4. The molecular weight excluding hydrogens is 299 g/mol. The Morgan fingerprint density at radius 1 is 1.35 bits per heavy atom. The lowest BCUT2D eigenvalue weighted by Gasteiger charge is -2.15. The van der Waals surface area contributed by atoms with Gasteiger partial charge in [-0.15, -0.1) is 0 Å². The molecule has 1 unspecified atom stereocenters. The fourth-order valence-electron chi connectivity index (χ4n) is 2.59. The Labute approximate surface area is 135 Å². The number of benzene rings is 1. The summed E-state index contributed by atoms with van der Waals surface area (Å²) in [5.41, 5.74) is 0.362. The van der Waals surface area contributed by atoms with Gasteiger partial charge in [-0.2, -0.15) is 0 Å². The second-order valence-corrected chi connectivity index (χ2v) is 6.21. The van der Waals surface area contributed by atoms with Crippen molar-refractivity contribution < 1.29 is 18.7 Å². The third kappa shape index (κ3) is 5.18. The van der Waals surface area contributed by atoms with Crippen molar-refractivity contribution in [1.82, 2.24) is 5.32 Å². The molecule has 1 amide bonds. The number of nitrogens with one attached hydrogen (secondary N) is 2. The van der Waals surface area contributed by atoms with Gasteiger partial charge in [0.05, 0.1) is 18.3 Å². The van der Waals surface area contributed by atoms with E-state index in [2.05, 4.69) is 10.6 Å². The van der Waals surface area contributed by atoms with Crippen LogP contribution in [-0.4, -0.2) is 38.3 Å². The van der Waals surface area contributed by atoms with Crippen molar-refractivity contribution in [2.45, 2.75) is 31.8 Å². The van der Waals surface area contributed by atoms with Gasteiger partial charge in [-0.3, -0.25) is 4.79 Å². The Hall–Kier alpha value is -1.66.